The van der Waals surface area contributed by atoms with E-state index in [2.05, 4.69) is 0 Å². The molecule has 2 rings (SSSR count). The van der Waals surface area contributed by atoms with Crippen LogP contribution in [-0.4, -0.2) is 41.4 Å². The van der Waals surface area contributed by atoms with E-state index < -0.39 is 12.2 Å². The molecule has 4 heteroatoms. The second kappa shape index (κ2) is 5.58. The summed E-state index contributed by atoms with van der Waals surface area (Å²) in [6, 6.07) is 9.40. The molecule has 3 atom stereocenters. The molecule has 0 spiro atoms. The van der Waals surface area contributed by atoms with Crippen molar-refractivity contribution in [2.75, 3.05) is 13.2 Å². The summed E-state index contributed by atoms with van der Waals surface area (Å²) in [7, 11) is 0. The van der Waals surface area contributed by atoms with Gasteiger partial charge in [-0.2, -0.15) is 0 Å². The summed E-state index contributed by atoms with van der Waals surface area (Å²) in [5, 5.41) is 9.01. The third-order valence-electron chi connectivity index (χ3n) is 3.39. The van der Waals surface area contributed by atoms with E-state index in [4.69, 9.17) is 10.8 Å². The third-order valence-corrected chi connectivity index (χ3v) is 3.39. The zero-order valence-electron chi connectivity index (χ0n) is 9.80. The van der Waals surface area contributed by atoms with Crippen molar-refractivity contribution in [2.45, 2.75) is 31.2 Å². The number of likely N-dealkylation sites (tertiary alicyclic amines) is 1. The van der Waals surface area contributed by atoms with Crippen molar-refractivity contribution in [2.24, 2.45) is 5.73 Å². The number of aliphatic hydroxyl groups is 1. The zero-order chi connectivity index (χ0) is 12.3. The Morgan fingerprint density at radius 3 is 2.71 bits per heavy atom. The molecule has 0 aliphatic carbocycles. The summed E-state index contributed by atoms with van der Waals surface area (Å²) < 4.78 is 13.6. The summed E-state index contributed by atoms with van der Waals surface area (Å²) in [4.78, 5) is 2.03. The normalized spacial score (nSPS) is 29.7. The zero-order valence-corrected chi connectivity index (χ0v) is 9.80. The van der Waals surface area contributed by atoms with Gasteiger partial charge < -0.3 is 10.8 Å². The van der Waals surface area contributed by atoms with E-state index in [9.17, 15) is 4.39 Å². The number of halogens is 1. The van der Waals surface area contributed by atoms with Crippen molar-refractivity contribution in [3.63, 3.8) is 0 Å². The highest BCUT2D eigenvalue weighted by molar-refractivity contribution is 5.15. The van der Waals surface area contributed by atoms with Crippen LogP contribution in [-0.2, 0) is 6.54 Å². The number of aliphatic hydroxyl groups excluding tert-OH is 1. The van der Waals surface area contributed by atoms with E-state index in [0.717, 1.165) is 5.56 Å². The second-order valence-corrected chi connectivity index (χ2v) is 4.59. The van der Waals surface area contributed by atoms with Gasteiger partial charge in [0.05, 0.1) is 6.04 Å². The quantitative estimate of drug-likeness (QED) is 0.820. The molecule has 1 aliphatic heterocycles. The van der Waals surface area contributed by atoms with Crippen molar-refractivity contribution in [3.8, 4) is 0 Å². The summed E-state index contributed by atoms with van der Waals surface area (Å²) in [5.74, 6) is 0. The van der Waals surface area contributed by atoms with Crippen molar-refractivity contribution in [1.29, 1.82) is 0 Å². The fourth-order valence-electron chi connectivity index (χ4n) is 2.47. The van der Waals surface area contributed by atoms with Crippen molar-refractivity contribution >= 4 is 0 Å². The topological polar surface area (TPSA) is 49.5 Å². The molecule has 0 amide bonds. The molecular formula is C13H19FN2O. The largest absolute Gasteiger partial charge is 0.396 e. The standard InChI is InChI=1S/C13H19FN2O/c14-11-9-16(12(6-7-17)13(11)15)8-10-4-2-1-3-5-10/h1-5,11-13,17H,6-9,15H2/t11-,12+,13+/m0/s1. The minimum absolute atomic E-state index is 0.0520. The number of hydrogen-bond donors (Lipinski definition) is 2. The molecule has 0 aromatic heterocycles. The molecule has 3 N–H and O–H groups in total. The minimum atomic E-state index is -0.990. The first-order chi connectivity index (χ1) is 8.22. The van der Waals surface area contributed by atoms with Gasteiger partial charge in [0.15, 0.2) is 0 Å². The Bertz CT molecular complexity index is 347. The molecule has 0 bridgehead atoms. The number of alkyl halides is 1. The number of nitrogens with two attached hydrogens (primary N) is 1. The first-order valence-electron chi connectivity index (χ1n) is 6.01. The molecule has 1 fully saturated rings. The molecule has 94 valence electrons. The SMILES string of the molecule is N[C@H]1[C@@H](CCO)N(Cc2ccccc2)C[C@@H]1F. The molecule has 1 saturated heterocycles. The van der Waals surface area contributed by atoms with Crippen LogP contribution in [0.1, 0.15) is 12.0 Å². The summed E-state index contributed by atoms with van der Waals surface area (Å²) in [6.07, 6.45) is -0.454. The van der Waals surface area contributed by atoms with Gasteiger partial charge in [-0.25, -0.2) is 4.39 Å². The van der Waals surface area contributed by atoms with Crippen LogP contribution in [0.15, 0.2) is 30.3 Å². The fourth-order valence-corrected chi connectivity index (χ4v) is 2.47. The number of rotatable bonds is 4. The van der Waals surface area contributed by atoms with E-state index in [-0.39, 0.29) is 12.6 Å². The van der Waals surface area contributed by atoms with E-state index in [0.29, 0.717) is 19.5 Å². The maximum Gasteiger partial charge on any atom is 0.129 e. The van der Waals surface area contributed by atoms with Crippen LogP contribution in [0.4, 0.5) is 4.39 Å². The first-order valence-corrected chi connectivity index (χ1v) is 6.01. The number of nitrogens with zero attached hydrogens (tertiary/aromatic N) is 1. The monoisotopic (exact) mass is 238 g/mol. The van der Waals surface area contributed by atoms with Crippen LogP contribution in [0.3, 0.4) is 0 Å². The van der Waals surface area contributed by atoms with Gasteiger partial charge in [0.1, 0.15) is 6.17 Å². The lowest BCUT2D eigenvalue weighted by Crippen LogP contribution is -2.41. The van der Waals surface area contributed by atoms with Gasteiger partial charge in [-0.15, -0.1) is 0 Å². The van der Waals surface area contributed by atoms with Gasteiger partial charge in [-0.3, -0.25) is 4.90 Å². The lowest BCUT2D eigenvalue weighted by atomic mass is 10.1. The van der Waals surface area contributed by atoms with Crippen molar-refractivity contribution < 1.29 is 9.50 Å². The number of benzene rings is 1. The Labute approximate surface area is 101 Å². The molecule has 1 aromatic rings. The van der Waals surface area contributed by atoms with Gasteiger partial charge >= 0.3 is 0 Å². The van der Waals surface area contributed by atoms with E-state index in [1.165, 1.54) is 0 Å². The van der Waals surface area contributed by atoms with Gasteiger partial charge in [0, 0.05) is 25.7 Å². The second-order valence-electron chi connectivity index (χ2n) is 4.59. The van der Waals surface area contributed by atoms with E-state index in [1.807, 2.05) is 35.2 Å². The highest BCUT2D eigenvalue weighted by Gasteiger charge is 2.38. The smallest absolute Gasteiger partial charge is 0.129 e. The van der Waals surface area contributed by atoms with Gasteiger partial charge in [0.25, 0.3) is 0 Å². The van der Waals surface area contributed by atoms with Crippen LogP contribution in [0, 0.1) is 0 Å². The fraction of sp³-hybridized carbons (Fsp3) is 0.538. The lowest BCUT2D eigenvalue weighted by Gasteiger charge is -2.25. The minimum Gasteiger partial charge on any atom is -0.396 e. The van der Waals surface area contributed by atoms with Gasteiger partial charge in [-0.05, 0) is 12.0 Å². The predicted octanol–water partition coefficient (Wildman–Crippen LogP) is 0.919. The molecule has 0 saturated carbocycles. The average Bonchev–Trinajstić information content (AvgIpc) is 2.59. The van der Waals surface area contributed by atoms with E-state index in [1.54, 1.807) is 0 Å². The number of hydrogen-bond acceptors (Lipinski definition) is 3. The van der Waals surface area contributed by atoms with Gasteiger partial charge in [-0.1, -0.05) is 30.3 Å². The molecule has 3 nitrogen and oxygen atoms in total. The molecule has 1 heterocycles. The maximum atomic E-state index is 13.6. The van der Waals surface area contributed by atoms with Gasteiger partial charge in [0.2, 0.25) is 0 Å². The Balaban J connectivity index is 2.04. The van der Waals surface area contributed by atoms with Crippen LogP contribution in [0.5, 0.6) is 0 Å². The van der Waals surface area contributed by atoms with Crippen LogP contribution in [0.2, 0.25) is 0 Å². The van der Waals surface area contributed by atoms with Crippen LogP contribution >= 0.6 is 0 Å². The summed E-state index contributed by atoms with van der Waals surface area (Å²) in [6.45, 7) is 1.11. The Hall–Kier alpha value is -0.970. The molecule has 0 unspecified atom stereocenters. The predicted molar refractivity (Wildman–Crippen MR) is 65.2 cm³/mol. The Morgan fingerprint density at radius 1 is 1.35 bits per heavy atom. The van der Waals surface area contributed by atoms with Crippen LogP contribution in [0.25, 0.3) is 0 Å². The molecule has 1 aromatic carbocycles. The average molecular weight is 238 g/mol. The van der Waals surface area contributed by atoms with Crippen molar-refractivity contribution in [1.82, 2.24) is 4.90 Å². The molecule has 1 aliphatic rings. The Morgan fingerprint density at radius 2 is 2.06 bits per heavy atom. The molecular weight excluding hydrogens is 219 g/mol. The van der Waals surface area contributed by atoms with Crippen molar-refractivity contribution in [3.05, 3.63) is 35.9 Å². The Kier molecular flexibility index (Phi) is 4.10. The summed E-state index contributed by atoms with van der Waals surface area (Å²) in [5.41, 5.74) is 6.97. The highest BCUT2D eigenvalue weighted by Crippen LogP contribution is 2.24. The third kappa shape index (κ3) is 2.83. The molecule has 0 radical (unpaired) electrons. The lowest BCUT2D eigenvalue weighted by molar-refractivity contribution is 0.182. The molecule has 17 heavy (non-hydrogen) atoms. The highest BCUT2D eigenvalue weighted by atomic mass is 19.1. The first kappa shape index (κ1) is 12.5. The van der Waals surface area contributed by atoms with E-state index >= 15 is 0 Å². The summed E-state index contributed by atoms with van der Waals surface area (Å²) >= 11 is 0. The van der Waals surface area contributed by atoms with Crippen LogP contribution < -0.4 is 5.73 Å². The maximum absolute atomic E-state index is 13.6.